The highest BCUT2D eigenvalue weighted by Crippen LogP contribution is 2.31. The number of ketones is 1. The molecule has 2 aromatic carbocycles. The zero-order chi connectivity index (χ0) is 15.5. The first-order valence-corrected chi connectivity index (χ1v) is 7.53. The first kappa shape index (κ1) is 14.7. The Bertz CT molecular complexity index is 752. The molecule has 0 spiro atoms. The fourth-order valence-electron chi connectivity index (χ4n) is 2.13. The Kier molecular flexibility index (Phi) is 4.15. The monoisotopic (exact) mass is 360 g/mol. The fourth-order valence-corrected chi connectivity index (χ4v) is 2.49. The second-order valence-electron chi connectivity index (χ2n) is 4.76. The van der Waals surface area contributed by atoms with Gasteiger partial charge in [0.05, 0.1) is 5.56 Å². The molecule has 0 atom stereocenters. The van der Waals surface area contributed by atoms with Crippen LogP contribution in [-0.2, 0) is 0 Å². The molecule has 1 heterocycles. The quantitative estimate of drug-likeness (QED) is 0.667. The van der Waals surface area contributed by atoms with Crippen molar-refractivity contribution in [2.24, 2.45) is 0 Å². The van der Waals surface area contributed by atoms with Crippen molar-refractivity contribution in [3.63, 3.8) is 0 Å². The molecule has 0 radical (unpaired) electrons. The Hall–Kier alpha value is -2.27. The minimum atomic E-state index is -0.270. The highest BCUT2D eigenvalue weighted by atomic mass is 79.9. The number of phenols is 1. The number of allylic oxidation sites excluding steroid dienone is 1. The van der Waals surface area contributed by atoms with Crippen LogP contribution >= 0.6 is 15.9 Å². The molecule has 0 amide bonds. The van der Waals surface area contributed by atoms with Crippen molar-refractivity contribution >= 4 is 27.8 Å². The van der Waals surface area contributed by atoms with Gasteiger partial charge >= 0.3 is 0 Å². The molecule has 0 saturated heterocycles. The van der Waals surface area contributed by atoms with Crippen molar-refractivity contribution in [2.45, 2.75) is 0 Å². The standard InChI is InChI=1S/C17H13BrO4/c18-12-3-5-15(20)13(10-12)14(19)4-1-11-2-6-16-17(9-11)22-8-7-21-16/h1-6,9-10,20H,7-8H2/b4-1+. The Morgan fingerprint density at radius 1 is 1.09 bits per heavy atom. The van der Waals surface area contributed by atoms with E-state index in [4.69, 9.17) is 9.47 Å². The van der Waals surface area contributed by atoms with Gasteiger partial charge in [-0.1, -0.05) is 28.1 Å². The van der Waals surface area contributed by atoms with Gasteiger partial charge in [0, 0.05) is 4.47 Å². The number of fused-ring (bicyclic) bond motifs is 1. The molecular weight excluding hydrogens is 348 g/mol. The second kappa shape index (κ2) is 6.23. The molecule has 0 aliphatic carbocycles. The van der Waals surface area contributed by atoms with Gasteiger partial charge in [-0.3, -0.25) is 4.79 Å². The molecule has 1 N–H and O–H groups in total. The molecule has 4 nitrogen and oxygen atoms in total. The maximum atomic E-state index is 12.2. The van der Waals surface area contributed by atoms with Crippen LogP contribution < -0.4 is 9.47 Å². The first-order chi connectivity index (χ1) is 10.6. The average Bonchev–Trinajstić information content (AvgIpc) is 2.54. The second-order valence-corrected chi connectivity index (χ2v) is 5.68. The van der Waals surface area contributed by atoms with Gasteiger partial charge in [-0.25, -0.2) is 0 Å². The van der Waals surface area contributed by atoms with Gasteiger partial charge in [0.1, 0.15) is 19.0 Å². The van der Waals surface area contributed by atoms with E-state index in [0.717, 1.165) is 10.0 Å². The lowest BCUT2D eigenvalue weighted by molar-refractivity contribution is 0.104. The summed E-state index contributed by atoms with van der Waals surface area (Å²) in [6.45, 7) is 1.06. The van der Waals surface area contributed by atoms with E-state index in [2.05, 4.69) is 15.9 Å². The lowest BCUT2D eigenvalue weighted by Gasteiger charge is -2.18. The Balaban J connectivity index is 1.81. The van der Waals surface area contributed by atoms with E-state index in [1.54, 1.807) is 18.2 Å². The number of carbonyl (C=O) groups excluding carboxylic acids is 1. The predicted molar refractivity (Wildman–Crippen MR) is 86.6 cm³/mol. The number of phenolic OH excluding ortho intramolecular Hbond substituents is 1. The van der Waals surface area contributed by atoms with Crippen LogP contribution in [0.1, 0.15) is 15.9 Å². The third kappa shape index (κ3) is 3.14. The van der Waals surface area contributed by atoms with E-state index in [9.17, 15) is 9.90 Å². The molecule has 0 bridgehead atoms. The zero-order valence-electron chi connectivity index (χ0n) is 11.6. The van der Waals surface area contributed by atoms with Crippen molar-refractivity contribution in [1.29, 1.82) is 0 Å². The molecule has 0 unspecified atom stereocenters. The Morgan fingerprint density at radius 2 is 1.86 bits per heavy atom. The molecule has 5 heteroatoms. The van der Waals surface area contributed by atoms with E-state index in [1.807, 2.05) is 18.2 Å². The molecule has 2 aromatic rings. The number of carbonyl (C=O) groups is 1. The lowest BCUT2D eigenvalue weighted by Crippen LogP contribution is -2.15. The van der Waals surface area contributed by atoms with E-state index in [1.165, 1.54) is 12.1 Å². The molecular formula is C17H13BrO4. The van der Waals surface area contributed by atoms with Crippen LogP contribution in [0.4, 0.5) is 0 Å². The predicted octanol–water partition coefficient (Wildman–Crippen LogP) is 3.82. The van der Waals surface area contributed by atoms with Crippen LogP contribution in [-0.4, -0.2) is 24.1 Å². The van der Waals surface area contributed by atoms with Crippen LogP contribution in [0.2, 0.25) is 0 Å². The molecule has 0 aromatic heterocycles. The van der Waals surface area contributed by atoms with Crippen LogP contribution in [0.25, 0.3) is 6.08 Å². The summed E-state index contributed by atoms with van der Waals surface area (Å²) in [5, 5.41) is 9.75. The Labute approximate surface area is 136 Å². The van der Waals surface area contributed by atoms with Crippen LogP contribution in [0, 0.1) is 0 Å². The summed E-state index contributed by atoms with van der Waals surface area (Å²) in [5.74, 6) is 1.07. The molecule has 112 valence electrons. The number of hydrogen-bond acceptors (Lipinski definition) is 4. The van der Waals surface area contributed by atoms with Crippen LogP contribution in [0.3, 0.4) is 0 Å². The fraction of sp³-hybridized carbons (Fsp3) is 0.118. The van der Waals surface area contributed by atoms with Crippen LogP contribution in [0.15, 0.2) is 46.9 Å². The minimum absolute atomic E-state index is 0.0416. The van der Waals surface area contributed by atoms with Crippen molar-refractivity contribution < 1.29 is 19.4 Å². The van der Waals surface area contributed by atoms with E-state index >= 15 is 0 Å². The molecule has 22 heavy (non-hydrogen) atoms. The summed E-state index contributed by atoms with van der Waals surface area (Å²) in [6, 6.07) is 10.2. The van der Waals surface area contributed by atoms with Crippen molar-refractivity contribution in [3.05, 3.63) is 58.1 Å². The largest absolute Gasteiger partial charge is 0.507 e. The van der Waals surface area contributed by atoms with Gasteiger partial charge in [-0.15, -0.1) is 0 Å². The summed E-state index contributed by atoms with van der Waals surface area (Å²) < 4.78 is 11.7. The third-order valence-corrected chi connectivity index (χ3v) is 3.71. The normalized spacial score (nSPS) is 13.3. The SMILES string of the molecule is O=C(/C=C/c1ccc2c(c1)OCCO2)c1cc(Br)ccc1O. The average molecular weight is 361 g/mol. The molecule has 3 rings (SSSR count). The topological polar surface area (TPSA) is 55.8 Å². The number of rotatable bonds is 3. The molecule has 0 fully saturated rings. The van der Waals surface area contributed by atoms with E-state index in [-0.39, 0.29) is 17.1 Å². The summed E-state index contributed by atoms with van der Waals surface area (Å²) in [6.07, 6.45) is 3.10. The van der Waals surface area contributed by atoms with E-state index < -0.39 is 0 Å². The molecule has 1 aliphatic heterocycles. The summed E-state index contributed by atoms with van der Waals surface area (Å²) in [7, 11) is 0. The van der Waals surface area contributed by atoms with Gasteiger partial charge in [-0.05, 0) is 42.0 Å². The maximum absolute atomic E-state index is 12.2. The van der Waals surface area contributed by atoms with Gasteiger partial charge in [0.15, 0.2) is 17.3 Å². The smallest absolute Gasteiger partial charge is 0.189 e. The highest BCUT2D eigenvalue weighted by molar-refractivity contribution is 9.10. The molecule has 1 aliphatic rings. The highest BCUT2D eigenvalue weighted by Gasteiger charge is 2.12. The minimum Gasteiger partial charge on any atom is -0.507 e. The van der Waals surface area contributed by atoms with Gasteiger partial charge in [0.25, 0.3) is 0 Å². The number of ether oxygens (including phenoxy) is 2. The first-order valence-electron chi connectivity index (χ1n) is 6.74. The third-order valence-electron chi connectivity index (χ3n) is 3.22. The zero-order valence-corrected chi connectivity index (χ0v) is 13.2. The van der Waals surface area contributed by atoms with Crippen LogP contribution in [0.5, 0.6) is 17.2 Å². The van der Waals surface area contributed by atoms with Crippen molar-refractivity contribution in [3.8, 4) is 17.2 Å². The van der Waals surface area contributed by atoms with Crippen molar-refractivity contribution in [1.82, 2.24) is 0 Å². The summed E-state index contributed by atoms with van der Waals surface area (Å²) in [4.78, 5) is 12.2. The van der Waals surface area contributed by atoms with Crippen molar-refractivity contribution in [2.75, 3.05) is 13.2 Å². The number of aromatic hydroxyl groups is 1. The van der Waals surface area contributed by atoms with Gasteiger partial charge < -0.3 is 14.6 Å². The molecule has 0 saturated carbocycles. The van der Waals surface area contributed by atoms with Gasteiger partial charge in [0.2, 0.25) is 0 Å². The summed E-state index contributed by atoms with van der Waals surface area (Å²) in [5.41, 5.74) is 1.08. The lowest BCUT2D eigenvalue weighted by atomic mass is 10.1. The van der Waals surface area contributed by atoms with E-state index in [0.29, 0.717) is 24.7 Å². The summed E-state index contributed by atoms with van der Waals surface area (Å²) >= 11 is 3.28. The number of halogens is 1. The Morgan fingerprint density at radius 3 is 2.68 bits per heavy atom. The van der Waals surface area contributed by atoms with Gasteiger partial charge in [-0.2, -0.15) is 0 Å². The number of hydrogen-bond donors (Lipinski definition) is 1. The number of benzene rings is 2. The maximum Gasteiger partial charge on any atom is 0.189 e.